The minimum Gasteiger partial charge on any atom is -0.393 e. The normalized spacial score (nSPS) is 48.5. The van der Waals surface area contributed by atoms with Gasteiger partial charge in [0.1, 0.15) is 17.8 Å². The SMILES string of the molecule is CC(C)[C@@H](C)C=C[C@@H](C)[C@H]1CCC2=C3[C@H](O)[C@@H](O)[C@@]4(O)C[C@@H](O)CC[C@]4(C)[C@H]3CC[C@@]21C. The highest BCUT2D eigenvalue weighted by Gasteiger charge is 2.67. The zero-order valence-electron chi connectivity index (χ0n) is 21.0. The van der Waals surface area contributed by atoms with Gasteiger partial charge in [-0.2, -0.15) is 0 Å². The van der Waals surface area contributed by atoms with E-state index >= 15 is 0 Å². The van der Waals surface area contributed by atoms with Crippen molar-refractivity contribution in [1.29, 1.82) is 0 Å². The third-order valence-corrected chi connectivity index (χ3v) is 10.7. The highest BCUT2D eigenvalue weighted by atomic mass is 16.4. The Morgan fingerprint density at radius 2 is 1.62 bits per heavy atom. The lowest BCUT2D eigenvalue weighted by Gasteiger charge is -2.63. The van der Waals surface area contributed by atoms with Crippen molar-refractivity contribution in [3.8, 4) is 0 Å². The third-order valence-electron chi connectivity index (χ3n) is 10.7. The van der Waals surface area contributed by atoms with Crippen molar-refractivity contribution < 1.29 is 20.4 Å². The molecule has 4 rings (SSSR count). The molecule has 0 amide bonds. The molecule has 0 aromatic rings. The zero-order chi connectivity index (χ0) is 23.6. The fourth-order valence-corrected chi connectivity index (χ4v) is 8.09. The van der Waals surface area contributed by atoms with Gasteiger partial charge in [-0.1, -0.05) is 59.3 Å². The Labute approximate surface area is 194 Å². The van der Waals surface area contributed by atoms with Crippen LogP contribution in [-0.2, 0) is 0 Å². The van der Waals surface area contributed by atoms with Gasteiger partial charge < -0.3 is 20.4 Å². The summed E-state index contributed by atoms with van der Waals surface area (Å²) in [4.78, 5) is 0. The van der Waals surface area contributed by atoms with E-state index < -0.39 is 29.3 Å². The quantitative estimate of drug-likeness (QED) is 0.475. The van der Waals surface area contributed by atoms with E-state index in [0.717, 1.165) is 31.3 Å². The molecule has 0 bridgehead atoms. The summed E-state index contributed by atoms with van der Waals surface area (Å²) in [6.07, 6.45) is 7.47. The summed E-state index contributed by atoms with van der Waals surface area (Å²) in [5.41, 5.74) is 0.483. The topological polar surface area (TPSA) is 80.9 Å². The lowest BCUT2D eigenvalue weighted by atomic mass is 9.45. The molecule has 4 heteroatoms. The number of hydrogen-bond acceptors (Lipinski definition) is 4. The molecule has 0 aliphatic heterocycles. The van der Waals surface area contributed by atoms with Gasteiger partial charge in [-0.25, -0.2) is 0 Å². The number of rotatable bonds is 4. The molecule has 0 aromatic carbocycles. The zero-order valence-corrected chi connectivity index (χ0v) is 21.0. The van der Waals surface area contributed by atoms with Crippen molar-refractivity contribution in [3.63, 3.8) is 0 Å². The second kappa shape index (κ2) is 8.22. The number of aliphatic hydroxyl groups excluding tert-OH is 3. The average molecular weight is 447 g/mol. The van der Waals surface area contributed by atoms with Crippen LogP contribution in [0.1, 0.15) is 86.5 Å². The lowest BCUT2D eigenvalue weighted by molar-refractivity contribution is -0.248. The van der Waals surface area contributed by atoms with Crippen LogP contribution in [0.15, 0.2) is 23.3 Å². The molecule has 32 heavy (non-hydrogen) atoms. The van der Waals surface area contributed by atoms with Gasteiger partial charge in [0, 0.05) is 11.8 Å². The van der Waals surface area contributed by atoms with Gasteiger partial charge in [-0.3, -0.25) is 0 Å². The van der Waals surface area contributed by atoms with Gasteiger partial charge in [0.15, 0.2) is 0 Å². The summed E-state index contributed by atoms with van der Waals surface area (Å²) >= 11 is 0. The lowest BCUT2D eigenvalue weighted by Crippen LogP contribution is -2.70. The summed E-state index contributed by atoms with van der Waals surface area (Å²) < 4.78 is 0. The van der Waals surface area contributed by atoms with Crippen LogP contribution in [0.5, 0.6) is 0 Å². The Morgan fingerprint density at radius 3 is 2.28 bits per heavy atom. The molecule has 0 saturated heterocycles. The summed E-state index contributed by atoms with van der Waals surface area (Å²) in [6.45, 7) is 13.6. The van der Waals surface area contributed by atoms with E-state index in [0.29, 0.717) is 36.5 Å². The predicted molar refractivity (Wildman–Crippen MR) is 128 cm³/mol. The minimum absolute atomic E-state index is 0.0390. The summed E-state index contributed by atoms with van der Waals surface area (Å²) in [6, 6.07) is 0. The largest absolute Gasteiger partial charge is 0.393 e. The maximum absolute atomic E-state index is 11.6. The van der Waals surface area contributed by atoms with Crippen LogP contribution in [0.4, 0.5) is 0 Å². The first-order valence-electron chi connectivity index (χ1n) is 13.0. The number of fused-ring (bicyclic) bond motifs is 4. The number of hydrogen-bond donors (Lipinski definition) is 4. The smallest absolute Gasteiger partial charge is 0.113 e. The molecule has 4 nitrogen and oxygen atoms in total. The Bertz CT molecular complexity index is 786. The van der Waals surface area contributed by atoms with Crippen LogP contribution >= 0.6 is 0 Å². The molecule has 4 N–H and O–H groups in total. The van der Waals surface area contributed by atoms with E-state index in [1.165, 1.54) is 5.57 Å². The molecule has 0 heterocycles. The highest BCUT2D eigenvalue weighted by Crippen LogP contribution is 2.66. The van der Waals surface area contributed by atoms with Crippen LogP contribution in [-0.4, -0.2) is 44.3 Å². The minimum atomic E-state index is -1.44. The Morgan fingerprint density at radius 1 is 0.938 bits per heavy atom. The van der Waals surface area contributed by atoms with E-state index in [4.69, 9.17) is 0 Å². The molecule has 3 fully saturated rings. The van der Waals surface area contributed by atoms with E-state index in [9.17, 15) is 20.4 Å². The predicted octanol–water partition coefficient (Wildman–Crippen LogP) is 4.61. The Balaban J connectivity index is 1.69. The van der Waals surface area contributed by atoms with Gasteiger partial charge in [-0.15, -0.1) is 0 Å². The van der Waals surface area contributed by atoms with Crippen LogP contribution in [0.2, 0.25) is 0 Å². The fourth-order valence-electron chi connectivity index (χ4n) is 8.09. The van der Waals surface area contributed by atoms with E-state index in [1.807, 2.05) is 0 Å². The second-order valence-corrected chi connectivity index (χ2v) is 12.6. The van der Waals surface area contributed by atoms with Crippen LogP contribution < -0.4 is 0 Å². The van der Waals surface area contributed by atoms with Crippen molar-refractivity contribution in [3.05, 3.63) is 23.3 Å². The molecule has 10 atom stereocenters. The maximum Gasteiger partial charge on any atom is 0.113 e. The highest BCUT2D eigenvalue weighted by molar-refractivity contribution is 5.40. The second-order valence-electron chi connectivity index (χ2n) is 12.6. The van der Waals surface area contributed by atoms with Gasteiger partial charge in [0.2, 0.25) is 0 Å². The average Bonchev–Trinajstić information content (AvgIpc) is 3.09. The summed E-state index contributed by atoms with van der Waals surface area (Å²) in [5.74, 6) is 2.28. The molecule has 4 aliphatic carbocycles. The molecule has 0 unspecified atom stereocenters. The van der Waals surface area contributed by atoms with Crippen molar-refractivity contribution in [2.45, 2.75) is 110 Å². The van der Waals surface area contributed by atoms with Crippen molar-refractivity contribution in [1.82, 2.24) is 0 Å². The summed E-state index contributed by atoms with van der Waals surface area (Å²) in [7, 11) is 0. The van der Waals surface area contributed by atoms with Crippen LogP contribution in [0.25, 0.3) is 0 Å². The Kier molecular flexibility index (Phi) is 6.28. The molecule has 4 aliphatic rings. The standard InChI is InChI=1S/C28H46O4/c1-16(2)17(3)7-8-18(4)20-9-10-21-23-22(12-13-26(20,21)5)27(6)14-11-19(29)15-28(27,32)25(31)24(23)30/h7-8,16-20,22,24-25,29-32H,9-15H2,1-6H3/t17-,18+,19-,20+,22-,24-,25+,26+,27+,28-/m0/s1. The number of allylic oxidation sites excluding steroid dienone is 3. The monoisotopic (exact) mass is 446 g/mol. The third kappa shape index (κ3) is 3.39. The van der Waals surface area contributed by atoms with E-state index in [-0.39, 0.29) is 17.8 Å². The van der Waals surface area contributed by atoms with Gasteiger partial charge in [0.25, 0.3) is 0 Å². The first-order valence-corrected chi connectivity index (χ1v) is 13.0. The van der Waals surface area contributed by atoms with Gasteiger partial charge in [-0.05, 0) is 79.1 Å². The fraction of sp³-hybridized carbons (Fsp3) is 0.857. The molecule has 182 valence electrons. The first-order chi connectivity index (χ1) is 14.9. The maximum atomic E-state index is 11.6. The van der Waals surface area contributed by atoms with Crippen molar-refractivity contribution in [2.24, 2.45) is 40.4 Å². The molecule has 0 spiro atoms. The number of aliphatic hydroxyl groups is 4. The van der Waals surface area contributed by atoms with Gasteiger partial charge >= 0.3 is 0 Å². The van der Waals surface area contributed by atoms with E-state index in [1.54, 1.807) is 0 Å². The van der Waals surface area contributed by atoms with Crippen molar-refractivity contribution >= 4 is 0 Å². The van der Waals surface area contributed by atoms with E-state index in [2.05, 4.69) is 53.7 Å². The van der Waals surface area contributed by atoms with Crippen LogP contribution in [0.3, 0.4) is 0 Å². The molecular weight excluding hydrogens is 400 g/mol. The molecule has 0 radical (unpaired) electrons. The molecular formula is C28H46O4. The van der Waals surface area contributed by atoms with Gasteiger partial charge in [0.05, 0.1) is 6.10 Å². The van der Waals surface area contributed by atoms with Crippen LogP contribution in [0, 0.1) is 40.4 Å². The first kappa shape index (κ1) is 24.4. The van der Waals surface area contributed by atoms with Crippen molar-refractivity contribution in [2.75, 3.05) is 0 Å². The summed E-state index contributed by atoms with van der Waals surface area (Å²) in [5, 5.41) is 44.4. The molecule has 3 saturated carbocycles. The molecule has 0 aromatic heterocycles. The Hall–Kier alpha value is -0.680.